The van der Waals surface area contributed by atoms with Gasteiger partial charge >= 0.3 is 0 Å². The first-order valence-corrected chi connectivity index (χ1v) is 2.70. The van der Waals surface area contributed by atoms with Gasteiger partial charge in [-0.1, -0.05) is 0 Å². The van der Waals surface area contributed by atoms with E-state index in [1.807, 2.05) is 0 Å². The van der Waals surface area contributed by atoms with Gasteiger partial charge in [-0.25, -0.2) is 3.71 Å². The first-order valence-electron chi connectivity index (χ1n) is 1.99. The maximum Gasteiger partial charge on any atom is 0.153 e. The summed E-state index contributed by atoms with van der Waals surface area (Å²) in [6.45, 7) is 0. The molecule has 0 aliphatic heterocycles. The van der Waals surface area contributed by atoms with Crippen molar-refractivity contribution in [3.05, 3.63) is 18.0 Å². The Morgan fingerprint density at radius 1 is 1.88 bits per heavy atom. The highest BCUT2D eigenvalue weighted by molar-refractivity contribution is 9.08. The summed E-state index contributed by atoms with van der Waals surface area (Å²) in [5.74, 6) is 0. The Bertz CT molecular complexity index is 196. The zero-order valence-electron chi connectivity index (χ0n) is 3.91. The molecule has 3 nitrogen and oxygen atoms in total. The number of rotatable bonds is 1. The summed E-state index contributed by atoms with van der Waals surface area (Å²) in [6, 6.07) is 0. The van der Waals surface area contributed by atoms with E-state index in [9.17, 15) is 4.79 Å². The molecule has 0 unspecified atom stereocenters. The van der Waals surface area contributed by atoms with Gasteiger partial charge in [0.2, 0.25) is 0 Å². The number of carbonyl (C=O) groups excluding carboxylic acids is 1. The van der Waals surface area contributed by atoms with Gasteiger partial charge in [-0.15, -0.1) is 0 Å². The summed E-state index contributed by atoms with van der Waals surface area (Å²) >= 11 is 3.02. The molecule has 1 aromatic heterocycles. The molecule has 0 fully saturated rings. The van der Waals surface area contributed by atoms with Crippen LogP contribution in [0.25, 0.3) is 0 Å². The van der Waals surface area contributed by atoms with Crippen molar-refractivity contribution in [3.8, 4) is 0 Å². The van der Waals surface area contributed by atoms with Crippen LogP contribution in [0.3, 0.4) is 0 Å². The second-order valence-electron chi connectivity index (χ2n) is 1.28. The van der Waals surface area contributed by atoms with Gasteiger partial charge in [0.1, 0.15) is 0 Å². The zero-order valence-corrected chi connectivity index (χ0v) is 5.50. The number of nitrogens with zero attached hydrogens (tertiary/aromatic N) is 2. The van der Waals surface area contributed by atoms with Gasteiger partial charge in [0.25, 0.3) is 0 Å². The molecule has 0 spiro atoms. The summed E-state index contributed by atoms with van der Waals surface area (Å²) in [5.41, 5.74) is 0.571. The fourth-order valence-corrected chi connectivity index (χ4v) is 0.700. The summed E-state index contributed by atoms with van der Waals surface area (Å²) in [4.78, 5) is 9.95. The predicted molar refractivity (Wildman–Crippen MR) is 31.9 cm³/mol. The lowest BCUT2D eigenvalue weighted by molar-refractivity contribution is 0.112. The quantitative estimate of drug-likeness (QED) is 0.593. The molecule has 0 saturated carbocycles. The maximum atomic E-state index is 9.95. The van der Waals surface area contributed by atoms with Crippen LogP contribution < -0.4 is 0 Å². The number of halogens is 1. The molecule has 1 heterocycles. The monoisotopic (exact) mass is 174 g/mol. The minimum atomic E-state index is 0.571. The highest BCUT2D eigenvalue weighted by Crippen LogP contribution is 1.94. The Kier molecular flexibility index (Phi) is 1.43. The van der Waals surface area contributed by atoms with Crippen molar-refractivity contribution in [2.24, 2.45) is 0 Å². The molecule has 4 heteroatoms. The van der Waals surface area contributed by atoms with Gasteiger partial charge in [0.15, 0.2) is 6.29 Å². The predicted octanol–water partition coefficient (Wildman–Crippen LogP) is 0.854. The summed E-state index contributed by atoms with van der Waals surface area (Å²) in [6.07, 6.45) is 3.79. The van der Waals surface area contributed by atoms with E-state index in [-0.39, 0.29) is 0 Å². The van der Waals surface area contributed by atoms with Gasteiger partial charge in [-0.05, 0) is 0 Å². The van der Waals surface area contributed by atoms with E-state index in [1.54, 1.807) is 6.20 Å². The number of aromatic nitrogens is 2. The van der Waals surface area contributed by atoms with E-state index in [0.717, 1.165) is 6.29 Å². The van der Waals surface area contributed by atoms with Crippen LogP contribution in [0.1, 0.15) is 10.4 Å². The van der Waals surface area contributed by atoms with Crippen molar-refractivity contribution in [2.45, 2.75) is 0 Å². The van der Waals surface area contributed by atoms with Crippen LogP contribution in [-0.4, -0.2) is 15.1 Å². The number of aldehydes is 1. The Hall–Kier alpha value is -0.640. The van der Waals surface area contributed by atoms with Crippen molar-refractivity contribution in [3.63, 3.8) is 0 Å². The Morgan fingerprint density at radius 3 is 2.88 bits per heavy atom. The largest absolute Gasteiger partial charge is 0.298 e. The summed E-state index contributed by atoms with van der Waals surface area (Å²) in [7, 11) is 0. The molecule has 0 bridgehead atoms. The number of carbonyl (C=O) groups is 1. The minimum Gasteiger partial charge on any atom is -0.298 e. The molecule has 8 heavy (non-hydrogen) atoms. The topological polar surface area (TPSA) is 34.9 Å². The van der Waals surface area contributed by atoms with Gasteiger partial charge < -0.3 is 0 Å². The number of hydrogen-bond acceptors (Lipinski definition) is 2. The molecule has 0 saturated heterocycles. The van der Waals surface area contributed by atoms with Crippen molar-refractivity contribution in [1.82, 2.24) is 8.81 Å². The minimum absolute atomic E-state index is 0.571. The molecule has 0 aliphatic rings. The molecular formula is C4H3BrN2O. The molecule has 0 radical (unpaired) electrons. The Labute approximate surface area is 54.6 Å². The molecule has 0 aliphatic carbocycles. The van der Waals surface area contributed by atoms with Gasteiger partial charge in [-0.2, -0.15) is 5.10 Å². The first kappa shape index (κ1) is 5.50. The van der Waals surface area contributed by atoms with Gasteiger partial charge in [-0.3, -0.25) is 4.79 Å². The van der Waals surface area contributed by atoms with Crippen LogP contribution in [0.15, 0.2) is 12.4 Å². The maximum absolute atomic E-state index is 9.95. The third-order valence-electron chi connectivity index (χ3n) is 0.709. The van der Waals surface area contributed by atoms with E-state index in [0.29, 0.717) is 5.56 Å². The van der Waals surface area contributed by atoms with Crippen LogP contribution in [0.4, 0.5) is 0 Å². The molecule has 1 aromatic rings. The standard InChI is InChI=1S/C4H3BrN2O/c5-7-2-4(3-8)1-6-7/h1-3H. The van der Waals surface area contributed by atoms with Gasteiger partial charge in [0, 0.05) is 6.20 Å². The Balaban J connectivity index is 3.00. The summed E-state index contributed by atoms with van der Waals surface area (Å²) < 4.78 is 1.40. The molecular weight excluding hydrogens is 172 g/mol. The van der Waals surface area contributed by atoms with Crippen LogP contribution >= 0.6 is 16.1 Å². The molecule has 0 atom stereocenters. The van der Waals surface area contributed by atoms with E-state index in [2.05, 4.69) is 21.2 Å². The van der Waals surface area contributed by atoms with Crippen molar-refractivity contribution < 1.29 is 4.79 Å². The lowest BCUT2D eigenvalue weighted by atomic mass is 10.4. The molecule has 0 N–H and O–H groups in total. The lowest BCUT2D eigenvalue weighted by Gasteiger charge is -1.74. The van der Waals surface area contributed by atoms with Gasteiger partial charge in [0.05, 0.1) is 27.9 Å². The molecule has 1 rings (SSSR count). The number of hydrogen-bond donors (Lipinski definition) is 0. The van der Waals surface area contributed by atoms with Crippen LogP contribution in [0, 0.1) is 0 Å². The van der Waals surface area contributed by atoms with Crippen LogP contribution in [-0.2, 0) is 0 Å². The first-order chi connectivity index (χ1) is 3.83. The summed E-state index contributed by atoms with van der Waals surface area (Å²) in [5, 5.41) is 3.69. The normalized spacial score (nSPS) is 9.12. The van der Waals surface area contributed by atoms with Crippen molar-refractivity contribution in [2.75, 3.05) is 0 Å². The second kappa shape index (κ2) is 2.09. The zero-order chi connectivity index (χ0) is 5.98. The second-order valence-corrected chi connectivity index (χ2v) is 2.01. The van der Waals surface area contributed by atoms with Crippen molar-refractivity contribution >= 4 is 22.4 Å². The van der Waals surface area contributed by atoms with E-state index in [4.69, 9.17) is 0 Å². The lowest BCUT2D eigenvalue weighted by Crippen LogP contribution is -1.73. The molecule has 0 aromatic carbocycles. The third-order valence-corrected chi connectivity index (χ3v) is 1.10. The van der Waals surface area contributed by atoms with E-state index >= 15 is 0 Å². The molecule has 42 valence electrons. The van der Waals surface area contributed by atoms with E-state index in [1.165, 1.54) is 9.90 Å². The average Bonchev–Trinajstić information content (AvgIpc) is 2.14. The highest BCUT2D eigenvalue weighted by Gasteiger charge is 1.89. The molecule has 0 amide bonds. The average molecular weight is 175 g/mol. The Morgan fingerprint density at radius 2 is 2.62 bits per heavy atom. The highest BCUT2D eigenvalue weighted by atomic mass is 79.9. The SMILES string of the molecule is O=Cc1cnn(Br)c1. The fraction of sp³-hybridized carbons (Fsp3) is 0. The third kappa shape index (κ3) is 0.949. The fourth-order valence-electron chi connectivity index (χ4n) is 0.372. The van der Waals surface area contributed by atoms with Crippen LogP contribution in [0.2, 0.25) is 0 Å². The van der Waals surface area contributed by atoms with E-state index < -0.39 is 0 Å². The van der Waals surface area contributed by atoms with Crippen molar-refractivity contribution in [1.29, 1.82) is 0 Å². The smallest absolute Gasteiger partial charge is 0.153 e. The van der Waals surface area contributed by atoms with Crippen LogP contribution in [0.5, 0.6) is 0 Å².